The first-order chi connectivity index (χ1) is 5.61. The van der Waals surface area contributed by atoms with Crippen molar-refractivity contribution in [1.29, 1.82) is 0 Å². The van der Waals surface area contributed by atoms with E-state index in [4.69, 9.17) is 0 Å². The number of nitrogens with zero attached hydrogens (tertiary/aromatic N) is 1. The maximum atomic E-state index is 3.68. The molecule has 3 atom stereocenters. The van der Waals surface area contributed by atoms with Gasteiger partial charge in [-0.2, -0.15) is 0 Å². The second-order valence-electron chi connectivity index (χ2n) is 3.89. The van der Waals surface area contributed by atoms with Gasteiger partial charge in [0.1, 0.15) is 9.68 Å². The lowest BCUT2D eigenvalue weighted by molar-refractivity contribution is 0.205. The van der Waals surface area contributed by atoms with Crippen LogP contribution in [0.25, 0.3) is 0 Å². The Kier molecular flexibility index (Phi) is 4.00. The fraction of sp³-hybridized carbons (Fsp3) is 1.00. The van der Waals surface area contributed by atoms with Crippen LogP contribution in [0, 0.1) is 0 Å². The number of piperidine rings is 1. The summed E-state index contributed by atoms with van der Waals surface area (Å²) < 4.78 is 2.65. The molecule has 0 spiro atoms. The smallest absolute Gasteiger partial charge is 0.141 e. The van der Waals surface area contributed by atoms with Crippen LogP contribution in [0.2, 0.25) is 5.16 Å². The van der Waals surface area contributed by atoms with Crippen molar-refractivity contribution >= 4 is 19.9 Å². The van der Waals surface area contributed by atoms with E-state index in [2.05, 4.69) is 35.6 Å². The van der Waals surface area contributed by atoms with Crippen LogP contribution in [0.15, 0.2) is 0 Å². The summed E-state index contributed by atoms with van der Waals surface area (Å²) >= 11 is 0. The molecule has 0 aliphatic carbocycles. The van der Waals surface area contributed by atoms with Crippen molar-refractivity contribution in [3.8, 4) is 0 Å². The van der Waals surface area contributed by atoms with E-state index in [0.717, 1.165) is 21.8 Å². The lowest BCUT2D eigenvalue weighted by Crippen LogP contribution is -2.47. The molecule has 1 nitrogen and oxygen atoms in total. The zero-order valence-corrected chi connectivity index (χ0v) is 10.3. The normalized spacial score (nSPS) is 35.0. The van der Waals surface area contributed by atoms with Gasteiger partial charge >= 0.3 is 0 Å². The van der Waals surface area contributed by atoms with Crippen molar-refractivity contribution in [3.05, 3.63) is 0 Å². The van der Waals surface area contributed by atoms with Crippen molar-refractivity contribution < 1.29 is 0 Å². The molecular weight excluding hydrogens is 178 g/mol. The molecule has 1 rings (SSSR count). The largest absolute Gasteiger partial charge is 0.320 e. The fourth-order valence-electron chi connectivity index (χ4n) is 1.90. The molecule has 0 aromatic heterocycles. The quantitative estimate of drug-likeness (QED) is 0.609. The molecule has 0 aromatic carbocycles. The second kappa shape index (κ2) is 4.58. The van der Waals surface area contributed by atoms with Crippen LogP contribution in [0.5, 0.6) is 0 Å². The van der Waals surface area contributed by atoms with Crippen molar-refractivity contribution in [2.24, 2.45) is 0 Å². The van der Waals surface area contributed by atoms with E-state index < -0.39 is 0 Å². The number of rotatable bonds is 2. The van der Waals surface area contributed by atoms with Crippen molar-refractivity contribution in [2.75, 3.05) is 0 Å². The molecule has 12 heavy (non-hydrogen) atoms. The average Bonchev–Trinajstić information content (AvgIpc) is 1.97. The van der Waals surface area contributed by atoms with E-state index >= 15 is 0 Å². The summed E-state index contributed by atoms with van der Waals surface area (Å²) in [5.74, 6) is 0. The Morgan fingerprint density at radius 2 is 1.83 bits per heavy atom. The van der Waals surface area contributed by atoms with E-state index in [9.17, 15) is 0 Å². The van der Waals surface area contributed by atoms with Crippen molar-refractivity contribution in [3.63, 3.8) is 0 Å². The summed E-state index contributed by atoms with van der Waals surface area (Å²) in [6.45, 7) is 6.96. The zero-order valence-electron chi connectivity index (χ0n) is 8.30. The number of hydrogen-bond donors (Lipinski definition) is 0. The van der Waals surface area contributed by atoms with Gasteiger partial charge in [-0.15, -0.1) is 0 Å². The highest BCUT2D eigenvalue weighted by Gasteiger charge is 2.25. The molecule has 1 aliphatic rings. The van der Waals surface area contributed by atoms with Gasteiger partial charge in [-0.1, -0.05) is 27.2 Å². The summed E-state index contributed by atoms with van der Waals surface area (Å²) in [6, 6.07) is 1.59. The Labute approximate surface area is 82.2 Å². The first-order valence-corrected chi connectivity index (χ1v) is 6.47. The van der Waals surface area contributed by atoms with Crippen LogP contribution in [0.3, 0.4) is 0 Å². The minimum atomic E-state index is 0.646. The van der Waals surface area contributed by atoms with E-state index in [1.807, 2.05) is 0 Å². The van der Waals surface area contributed by atoms with Crippen LogP contribution < -0.4 is 0 Å². The molecule has 0 amide bonds. The minimum Gasteiger partial charge on any atom is -0.320 e. The summed E-state index contributed by atoms with van der Waals surface area (Å²) in [7, 11) is 4.63. The maximum Gasteiger partial charge on any atom is 0.141 e. The first kappa shape index (κ1) is 10.5. The third-order valence-electron chi connectivity index (χ3n) is 2.54. The van der Waals surface area contributed by atoms with Gasteiger partial charge in [0, 0.05) is 22.3 Å². The van der Waals surface area contributed by atoms with Crippen LogP contribution in [-0.2, 0) is 0 Å². The standard InChI is InChI=1S/C9H18NSi2/c1-7-5-4-6-8(2)10(7)12-9(3)11/h7-9H,4-6H2,1-3H3. The monoisotopic (exact) mass is 196 g/mol. The lowest BCUT2D eigenvalue weighted by atomic mass is 10.0. The van der Waals surface area contributed by atoms with Gasteiger partial charge in [0.05, 0.1) is 0 Å². The highest BCUT2D eigenvalue weighted by molar-refractivity contribution is 6.47. The Morgan fingerprint density at radius 3 is 2.25 bits per heavy atom. The molecule has 1 heterocycles. The molecule has 1 fully saturated rings. The molecule has 0 N–H and O–H groups in total. The third-order valence-corrected chi connectivity index (χ3v) is 4.49. The topological polar surface area (TPSA) is 3.24 Å². The predicted octanol–water partition coefficient (Wildman–Crippen LogP) is 1.80. The predicted molar refractivity (Wildman–Crippen MR) is 55.5 cm³/mol. The highest BCUT2D eigenvalue weighted by Crippen LogP contribution is 2.22. The summed E-state index contributed by atoms with van der Waals surface area (Å²) in [4.78, 5) is 0. The molecular formula is C9H18NSi2. The zero-order chi connectivity index (χ0) is 9.14. The first-order valence-electron chi connectivity index (χ1n) is 4.87. The maximum absolute atomic E-state index is 3.68. The van der Waals surface area contributed by atoms with Gasteiger partial charge in [-0.3, -0.25) is 0 Å². The van der Waals surface area contributed by atoms with Crippen LogP contribution in [0.4, 0.5) is 0 Å². The Bertz CT molecular complexity index is 128. The van der Waals surface area contributed by atoms with Crippen LogP contribution in [0.1, 0.15) is 40.0 Å². The average molecular weight is 196 g/mol. The molecule has 67 valence electrons. The van der Waals surface area contributed by atoms with E-state index in [-0.39, 0.29) is 0 Å². The minimum absolute atomic E-state index is 0.646. The lowest BCUT2D eigenvalue weighted by Gasteiger charge is -2.39. The molecule has 0 saturated carbocycles. The van der Waals surface area contributed by atoms with Gasteiger partial charge in [-0.25, -0.2) is 0 Å². The Morgan fingerprint density at radius 1 is 1.33 bits per heavy atom. The summed E-state index contributed by atoms with van der Waals surface area (Å²) in [5.41, 5.74) is 0. The van der Waals surface area contributed by atoms with Crippen molar-refractivity contribution in [1.82, 2.24) is 4.57 Å². The van der Waals surface area contributed by atoms with Gasteiger partial charge in [0.25, 0.3) is 0 Å². The molecule has 3 unspecified atom stereocenters. The third kappa shape index (κ3) is 2.71. The molecule has 1 saturated heterocycles. The van der Waals surface area contributed by atoms with E-state index in [1.165, 1.54) is 19.3 Å². The van der Waals surface area contributed by atoms with Crippen LogP contribution in [-0.4, -0.2) is 36.6 Å². The molecule has 5 radical (unpaired) electrons. The van der Waals surface area contributed by atoms with Crippen molar-refractivity contribution in [2.45, 2.75) is 57.3 Å². The molecule has 0 aromatic rings. The van der Waals surface area contributed by atoms with Gasteiger partial charge < -0.3 is 4.57 Å². The van der Waals surface area contributed by atoms with Gasteiger partial charge in [-0.05, 0) is 18.0 Å². The molecule has 3 heteroatoms. The SMILES string of the molecule is CC([Si])[Si]N1C(C)CCCC1C. The van der Waals surface area contributed by atoms with E-state index in [1.54, 1.807) is 0 Å². The van der Waals surface area contributed by atoms with Gasteiger partial charge in [0.15, 0.2) is 0 Å². The fourth-order valence-corrected chi connectivity index (χ4v) is 3.56. The highest BCUT2D eigenvalue weighted by atomic mass is 28.3. The summed E-state index contributed by atoms with van der Waals surface area (Å²) in [6.07, 6.45) is 4.19. The van der Waals surface area contributed by atoms with E-state index in [0.29, 0.717) is 5.16 Å². The Balaban J connectivity index is 2.45. The molecule has 0 bridgehead atoms. The van der Waals surface area contributed by atoms with Crippen LogP contribution >= 0.6 is 0 Å². The Hall–Kier alpha value is 0.394. The van der Waals surface area contributed by atoms with Gasteiger partial charge in [0.2, 0.25) is 0 Å². The second-order valence-corrected chi connectivity index (χ2v) is 6.97. The molecule has 1 aliphatic heterocycles. The number of hydrogen-bond acceptors (Lipinski definition) is 1. The summed E-state index contributed by atoms with van der Waals surface area (Å²) in [5, 5.41) is 0.646.